The van der Waals surface area contributed by atoms with Gasteiger partial charge in [-0.1, -0.05) is 75.2 Å². The lowest BCUT2D eigenvalue weighted by atomic mass is 9.98. The van der Waals surface area contributed by atoms with Crippen molar-refractivity contribution in [2.24, 2.45) is 5.92 Å². The minimum Gasteiger partial charge on any atom is -0.480 e. The minimum absolute atomic E-state index is 0.0386. The molecule has 0 aromatic heterocycles. The van der Waals surface area contributed by atoms with Gasteiger partial charge in [-0.3, -0.25) is 4.79 Å². The predicted octanol–water partition coefficient (Wildman–Crippen LogP) is 4.31. The van der Waals surface area contributed by atoms with Gasteiger partial charge in [0, 0.05) is 12.5 Å². The van der Waals surface area contributed by atoms with E-state index in [0.717, 1.165) is 28.7 Å². The molecule has 0 heterocycles. The van der Waals surface area contributed by atoms with E-state index in [2.05, 4.69) is 34.9 Å². The maximum atomic E-state index is 12.5. The third-order valence-electron chi connectivity index (χ3n) is 6.16. The van der Waals surface area contributed by atoms with E-state index in [9.17, 15) is 19.5 Å². The fraction of sp³-hybridized carbons (Fsp3) is 0.423. The lowest BCUT2D eigenvalue weighted by Gasteiger charge is -2.20. The van der Waals surface area contributed by atoms with Crippen molar-refractivity contribution in [2.75, 3.05) is 13.2 Å². The number of carbonyl (C=O) groups is 3. The molecule has 1 aliphatic carbocycles. The van der Waals surface area contributed by atoms with Crippen LogP contribution in [0.25, 0.3) is 11.1 Å². The molecular weight excluding hydrogens is 420 g/mol. The van der Waals surface area contributed by atoms with Crippen molar-refractivity contribution in [1.82, 2.24) is 10.6 Å². The smallest absolute Gasteiger partial charge is 0.407 e. The van der Waals surface area contributed by atoms with Crippen LogP contribution in [0.2, 0.25) is 0 Å². The van der Waals surface area contributed by atoms with Gasteiger partial charge in [0.1, 0.15) is 12.6 Å². The summed E-state index contributed by atoms with van der Waals surface area (Å²) in [6, 6.07) is 15.3. The number of carbonyl (C=O) groups excluding carboxylic acids is 2. The Morgan fingerprint density at radius 1 is 1.00 bits per heavy atom. The molecule has 2 aromatic rings. The van der Waals surface area contributed by atoms with Crippen LogP contribution >= 0.6 is 0 Å². The van der Waals surface area contributed by atoms with E-state index in [4.69, 9.17) is 4.74 Å². The molecule has 2 amide bonds. The number of benzene rings is 2. The Balaban J connectivity index is 1.53. The van der Waals surface area contributed by atoms with Crippen LogP contribution in [0.1, 0.15) is 56.6 Å². The second kappa shape index (κ2) is 11.5. The van der Waals surface area contributed by atoms with Gasteiger partial charge >= 0.3 is 12.1 Å². The van der Waals surface area contributed by atoms with E-state index >= 15 is 0 Å². The number of carboxylic acids is 1. The number of hydrogen-bond acceptors (Lipinski definition) is 4. The monoisotopic (exact) mass is 452 g/mol. The van der Waals surface area contributed by atoms with E-state index < -0.39 is 24.0 Å². The summed E-state index contributed by atoms with van der Waals surface area (Å²) in [4.78, 5) is 36.3. The molecule has 0 bridgehead atoms. The first-order chi connectivity index (χ1) is 16.0. The summed E-state index contributed by atoms with van der Waals surface area (Å²) >= 11 is 0. The first kappa shape index (κ1) is 24.3. The Kier molecular flexibility index (Phi) is 8.46. The van der Waals surface area contributed by atoms with Crippen LogP contribution in [0.4, 0.5) is 4.79 Å². The summed E-state index contributed by atoms with van der Waals surface area (Å²) in [5.74, 6) is -1.99. The average molecular weight is 453 g/mol. The highest BCUT2D eigenvalue weighted by molar-refractivity contribution is 5.85. The Hall–Kier alpha value is -3.35. The number of amides is 2. The molecule has 0 aliphatic heterocycles. The van der Waals surface area contributed by atoms with E-state index in [-0.39, 0.29) is 25.0 Å². The third kappa shape index (κ3) is 5.92. The number of carboxylic acid groups (broad SMARTS) is 1. The molecule has 0 radical (unpaired) electrons. The molecule has 33 heavy (non-hydrogen) atoms. The maximum absolute atomic E-state index is 12.5. The maximum Gasteiger partial charge on any atom is 0.407 e. The number of nitrogens with one attached hydrogen (secondary N) is 2. The lowest BCUT2D eigenvalue weighted by Crippen LogP contribution is -2.46. The van der Waals surface area contributed by atoms with Crippen LogP contribution < -0.4 is 10.6 Å². The van der Waals surface area contributed by atoms with Gasteiger partial charge in [0.15, 0.2) is 0 Å². The van der Waals surface area contributed by atoms with Crippen molar-refractivity contribution in [2.45, 2.75) is 51.5 Å². The summed E-state index contributed by atoms with van der Waals surface area (Å²) in [5, 5.41) is 14.6. The van der Waals surface area contributed by atoms with Crippen molar-refractivity contribution < 1.29 is 24.2 Å². The number of fused-ring (bicyclic) bond motifs is 3. The van der Waals surface area contributed by atoms with Crippen molar-refractivity contribution >= 4 is 18.0 Å². The number of ether oxygens (including phenoxy) is 1. The Bertz CT molecular complexity index is 945. The van der Waals surface area contributed by atoms with Crippen molar-refractivity contribution in [3.63, 3.8) is 0 Å². The highest BCUT2D eigenvalue weighted by Gasteiger charge is 2.29. The van der Waals surface area contributed by atoms with Gasteiger partial charge in [0.25, 0.3) is 0 Å². The van der Waals surface area contributed by atoms with E-state index in [1.54, 1.807) is 0 Å². The van der Waals surface area contributed by atoms with Crippen LogP contribution in [0.15, 0.2) is 48.5 Å². The van der Waals surface area contributed by atoms with Crippen molar-refractivity contribution in [1.29, 1.82) is 0 Å². The number of rotatable bonds is 11. The summed E-state index contributed by atoms with van der Waals surface area (Å²) in [5.41, 5.74) is 4.56. The van der Waals surface area contributed by atoms with E-state index in [1.165, 1.54) is 0 Å². The van der Waals surface area contributed by atoms with Crippen LogP contribution in [0, 0.1) is 5.92 Å². The zero-order valence-corrected chi connectivity index (χ0v) is 19.2. The summed E-state index contributed by atoms with van der Waals surface area (Å²) < 4.78 is 5.51. The molecular formula is C26H32N2O5. The van der Waals surface area contributed by atoms with Crippen molar-refractivity contribution in [3.05, 3.63) is 59.7 Å². The highest BCUT2D eigenvalue weighted by atomic mass is 16.5. The molecule has 0 saturated carbocycles. The molecule has 176 valence electrons. The Labute approximate surface area is 194 Å². The number of unbranched alkanes of at least 4 members (excludes halogenated alkanes) is 1. The molecule has 2 unspecified atom stereocenters. The van der Waals surface area contributed by atoms with Gasteiger partial charge < -0.3 is 20.5 Å². The number of alkyl carbamates (subject to hydrolysis) is 1. The molecule has 2 aromatic carbocycles. The molecule has 0 fully saturated rings. The van der Waals surface area contributed by atoms with Crippen LogP contribution in [0.3, 0.4) is 0 Å². The van der Waals surface area contributed by atoms with Gasteiger partial charge in [0.2, 0.25) is 5.91 Å². The van der Waals surface area contributed by atoms with E-state index in [1.807, 2.05) is 38.1 Å². The van der Waals surface area contributed by atoms with Crippen LogP contribution in [0.5, 0.6) is 0 Å². The normalized spacial score (nSPS) is 14.0. The molecule has 0 spiro atoms. The molecule has 7 heteroatoms. The lowest BCUT2D eigenvalue weighted by molar-refractivity contribution is -0.142. The van der Waals surface area contributed by atoms with Gasteiger partial charge in [-0.05, 0) is 35.1 Å². The first-order valence-corrected chi connectivity index (χ1v) is 11.6. The van der Waals surface area contributed by atoms with E-state index in [0.29, 0.717) is 19.3 Å². The van der Waals surface area contributed by atoms with Gasteiger partial charge in [-0.15, -0.1) is 0 Å². The summed E-state index contributed by atoms with van der Waals surface area (Å²) in [6.07, 6.45) is 1.82. The standard InChI is InChI=1S/C26H32N2O5/c1-3-5-14-23(25(30)31)28-24(29)17(4-2)15-27-26(32)33-16-22-20-12-8-6-10-18(20)19-11-7-9-13-21(19)22/h6-13,17,22-23H,3-5,14-16H2,1-2H3,(H,27,32)(H,28,29)(H,30,31). The second-order valence-electron chi connectivity index (χ2n) is 8.35. The highest BCUT2D eigenvalue weighted by Crippen LogP contribution is 2.44. The quantitative estimate of drug-likeness (QED) is 0.471. The second-order valence-corrected chi connectivity index (χ2v) is 8.35. The molecule has 3 rings (SSSR count). The molecule has 0 saturated heterocycles. The molecule has 7 nitrogen and oxygen atoms in total. The van der Waals surface area contributed by atoms with Gasteiger partial charge in [-0.25, -0.2) is 9.59 Å². The van der Waals surface area contributed by atoms with Crippen molar-refractivity contribution in [3.8, 4) is 11.1 Å². The zero-order valence-electron chi connectivity index (χ0n) is 19.2. The molecule has 1 aliphatic rings. The average Bonchev–Trinajstić information content (AvgIpc) is 3.14. The Morgan fingerprint density at radius 3 is 2.15 bits per heavy atom. The summed E-state index contributed by atoms with van der Waals surface area (Å²) in [7, 11) is 0. The van der Waals surface area contributed by atoms with Crippen LogP contribution in [-0.4, -0.2) is 42.3 Å². The number of hydrogen-bond donors (Lipinski definition) is 3. The zero-order chi connectivity index (χ0) is 23.8. The fourth-order valence-corrected chi connectivity index (χ4v) is 4.23. The van der Waals surface area contributed by atoms with Crippen LogP contribution in [-0.2, 0) is 14.3 Å². The summed E-state index contributed by atoms with van der Waals surface area (Å²) in [6.45, 7) is 4.07. The van der Waals surface area contributed by atoms with Gasteiger partial charge in [-0.2, -0.15) is 0 Å². The third-order valence-corrected chi connectivity index (χ3v) is 6.16. The molecule has 3 N–H and O–H groups in total. The Morgan fingerprint density at radius 2 is 1.61 bits per heavy atom. The SMILES string of the molecule is CCCCC(NC(=O)C(CC)CNC(=O)OCC1c2ccccc2-c2ccccc21)C(=O)O. The number of aliphatic carboxylic acids is 1. The van der Waals surface area contributed by atoms with Gasteiger partial charge in [0.05, 0.1) is 5.92 Å². The topological polar surface area (TPSA) is 105 Å². The largest absolute Gasteiger partial charge is 0.480 e. The fourth-order valence-electron chi connectivity index (χ4n) is 4.23. The predicted molar refractivity (Wildman–Crippen MR) is 126 cm³/mol. The minimum atomic E-state index is -1.05. The molecule has 2 atom stereocenters. The first-order valence-electron chi connectivity index (χ1n) is 11.6.